The maximum Gasteiger partial charge on any atom is 0.267 e. The van der Waals surface area contributed by atoms with Crippen molar-refractivity contribution in [1.29, 1.82) is 0 Å². The smallest absolute Gasteiger partial charge is 0.267 e. The van der Waals surface area contributed by atoms with Gasteiger partial charge in [0, 0.05) is 11.5 Å². The minimum Gasteiger partial charge on any atom is -0.285 e. The Morgan fingerprint density at radius 1 is 0.842 bits per heavy atom. The molecule has 0 aliphatic rings. The standard InChI is InChI=1S/C8H18O6S5/c1-7(18(9,10)11)3-5-15-17-16-6-4-8(2)19(12,13)14/h7-8H,3-6H2,1-2H3,(H,9,10,11)(H,12,13,14). The summed E-state index contributed by atoms with van der Waals surface area (Å²) < 4.78 is 60.3. The first kappa shape index (κ1) is 19.9. The van der Waals surface area contributed by atoms with E-state index in [0.29, 0.717) is 24.3 Å². The minimum absolute atomic E-state index is 0.360. The number of rotatable bonds is 10. The molecule has 2 N–H and O–H groups in total. The Kier molecular flexibility index (Phi) is 9.42. The van der Waals surface area contributed by atoms with Crippen LogP contribution in [0.25, 0.3) is 0 Å². The van der Waals surface area contributed by atoms with Gasteiger partial charge in [0.2, 0.25) is 0 Å². The molecule has 0 aliphatic carbocycles. The second-order valence-corrected chi connectivity index (χ2v) is 12.1. The quantitative estimate of drug-likeness (QED) is 0.340. The normalized spacial score (nSPS) is 16.2. The fourth-order valence-corrected chi connectivity index (χ4v) is 6.09. The lowest BCUT2D eigenvalue weighted by atomic mass is 10.4. The summed E-state index contributed by atoms with van der Waals surface area (Å²) in [6.07, 6.45) is 0.719. The predicted octanol–water partition coefficient (Wildman–Crippen LogP) is 2.35. The Balaban J connectivity index is 3.58. The van der Waals surface area contributed by atoms with Gasteiger partial charge >= 0.3 is 0 Å². The molecule has 0 rings (SSSR count). The lowest BCUT2D eigenvalue weighted by Gasteiger charge is -2.08. The first-order valence-corrected chi connectivity index (χ1v) is 12.2. The summed E-state index contributed by atoms with van der Waals surface area (Å²) in [5.41, 5.74) is 0. The molecule has 0 fully saturated rings. The first-order valence-electron chi connectivity index (χ1n) is 5.39. The fourth-order valence-electron chi connectivity index (χ4n) is 0.828. The summed E-state index contributed by atoms with van der Waals surface area (Å²) in [5, 5.41) is -1.55. The zero-order valence-electron chi connectivity index (χ0n) is 10.6. The van der Waals surface area contributed by atoms with Crippen molar-refractivity contribution in [2.75, 3.05) is 11.5 Å². The predicted molar refractivity (Wildman–Crippen MR) is 83.8 cm³/mol. The molecule has 6 nitrogen and oxygen atoms in total. The van der Waals surface area contributed by atoms with Crippen LogP contribution < -0.4 is 0 Å². The van der Waals surface area contributed by atoms with E-state index in [0.717, 1.165) is 0 Å². The molecule has 2 unspecified atom stereocenters. The minimum atomic E-state index is -3.95. The van der Waals surface area contributed by atoms with Crippen molar-refractivity contribution in [2.24, 2.45) is 0 Å². The SMILES string of the molecule is CC(CCSSSCCC(C)S(=O)(=O)O)S(=O)(=O)O. The Morgan fingerprint density at radius 3 is 1.42 bits per heavy atom. The molecule has 0 saturated carbocycles. The third-order valence-electron chi connectivity index (χ3n) is 2.33. The summed E-state index contributed by atoms with van der Waals surface area (Å²) in [5.74, 6) is 1.15. The van der Waals surface area contributed by atoms with Gasteiger partial charge in [-0.3, -0.25) is 9.11 Å². The van der Waals surface area contributed by atoms with Gasteiger partial charge in [-0.15, -0.1) is 0 Å². The van der Waals surface area contributed by atoms with Crippen molar-refractivity contribution >= 4 is 51.6 Å². The lowest BCUT2D eigenvalue weighted by Crippen LogP contribution is -2.17. The summed E-state index contributed by atoms with van der Waals surface area (Å²) in [6.45, 7) is 2.89. The third-order valence-corrected chi connectivity index (χ3v) is 9.14. The zero-order valence-corrected chi connectivity index (χ0v) is 14.6. The Labute approximate surface area is 126 Å². The molecule has 0 aliphatic heterocycles. The van der Waals surface area contributed by atoms with Crippen LogP contribution in [0.1, 0.15) is 26.7 Å². The highest BCUT2D eigenvalue weighted by molar-refractivity contribution is 9.09. The molecule has 0 aromatic carbocycles. The molecule has 116 valence electrons. The summed E-state index contributed by atoms with van der Waals surface area (Å²) >= 11 is 0. The molecule has 0 radical (unpaired) electrons. The fraction of sp³-hybridized carbons (Fsp3) is 1.00. The lowest BCUT2D eigenvalue weighted by molar-refractivity contribution is 0.467. The van der Waals surface area contributed by atoms with Gasteiger partial charge in [0.1, 0.15) is 0 Å². The molecule has 0 bridgehead atoms. The van der Waals surface area contributed by atoms with Crippen LogP contribution >= 0.6 is 31.4 Å². The number of hydrogen-bond acceptors (Lipinski definition) is 7. The molecular weight excluding hydrogens is 352 g/mol. The van der Waals surface area contributed by atoms with E-state index in [1.807, 2.05) is 0 Å². The van der Waals surface area contributed by atoms with Crippen molar-refractivity contribution in [1.82, 2.24) is 0 Å². The Bertz CT molecular complexity index is 402. The van der Waals surface area contributed by atoms with Crippen molar-refractivity contribution in [3.8, 4) is 0 Å². The van der Waals surface area contributed by atoms with Crippen molar-refractivity contribution in [2.45, 2.75) is 37.2 Å². The van der Waals surface area contributed by atoms with E-state index >= 15 is 0 Å². The molecule has 19 heavy (non-hydrogen) atoms. The maximum atomic E-state index is 10.7. The van der Waals surface area contributed by atoms with Gasteiger partial charge in [-0.25, -0.2) is 0 Å². The summed E-state index contributed by atoms with van der Waals surface area (Å²) in [4.78, 5) is 0. The van der Waals surface area contributed by atoms with Gasteiger partial charge in [0.05, 0.1) is 10.5 Å². The Hall–Kier alpha value is 0.870. The van der Waals surface area contributed by atoms with Crippen LogP contribution in [-0.4, -0.2) is 47.9 Å². The summed E-state index contributed by atoms with van der Waals surface area (Å²) in [6, 6.07) is 0. The maximum absolute atomic E-state index is 10.7. The molecule has 11 heteroatoms. The number of hydrogen-bond donors (Lipinski definition) is 2. The zero-order chi connectivity index (χ0) is 15.1. The van der Waals surface area contributed by atoms with Crippen LogP contribution in [0.5, 0.6) is 0 Å². The van der Waals surface area contributed by atoms with Gasteiger partial charge in [-0.1, -0.05) is 21.6 Å². The van der Waals surface area contributed by atoms with Crippen LogP contribution in [-0.2, 0) is 20.2 Å². The van der Waals surface area contributed by atoms with Gasteiger partial charge in [-0.2, -0.15) is 16.8 Å². The van der Waals surface area contributed by atoms with Crippen molar-refractivity contribution < 1.29 is 25.9 Å². The molecule has 0 aromatic rings. The van der Waals surface area contributed by atoms with Crippen LogP contribution in [0.15, 0.2) is 0 Å². The van der Waals surface area contributed by atoms with Crippen LogP contribution in [0, 0.1) is 0 Å². The monoisotopic (exact) mass is 370 g/mol. The van der Waals surface area contributed by atoms with E-state index in [-0.39, 0.29) is 0 Å². The van der Waals surface area contributed by atoms with Crippen LogP contribution in [0.2, 0.25) is 0 Å². The molecule has 2 atom stereocenters. The van der Waals surface area contributed by atoms with Gasteiger partial charge in [0.15, 0.2) is 0 Å². The largest absolute Gasteiger partial charge is 0.285 e. The van der Waals surface area contributed by atoms with Crippen molar-refractivity contribution in [3.05, 3.63) is 0 Å². The molecule has 0 heterocycles. The average molecular weight is 371 g/mol. The second kappa shape index (κ2) is 9.00. The topological polar surface area (TPSA) is 109 Å². The Morgan fingerprint density at radius 2 is 1.16 bits per heavy atom. The van der Waals surface area contributed by atoms with Gasteiger partial charge < -0.3 is 0 Å². The van der Waals surface area contributed by atoms with Crippen molar-refractivity contribution in [3.63, 3.8) is 0 Å². The average Bonchev–Trinajstić information content (AvgIpc) is 2.24. The summed E-state index contributed by atoms with van der Waals surface area (Å²) in [7, 11) is -3.57. The molecule has 0 aromatic heterocycles. The highest BCUT2D eigenvalue weighted by Gasteiger charge is 2.17. The van der Waals surface area contributed by atoms with E-state index in [2.05, 4.69) is 0 Å². The van der Waals surface area contributed by atoms with E-state index < -0.39 is 30.7 Å². The van der Waals surface area contributed by atoms with Gasteiger partial charge in [-0.05, 0) is 36.5 Å². The van der Waals surface area contributed by atoms with Gasteiger partial charge in [0.25, 0.3) is 20.2 Å². The molecular formula is C8H18O6S5. The molecule has 0 amide bonds. The highest BCUT2D eigenvalue weighted by atomic mass is 33.5. The third kappa shape index (κ3) is 10.3. The molecule has 0 spiro atoms. The molecule has 0 saturated heterocycles. The highest BCUT2D eigenvalue weighted by Crippen LogP contribution is 2.36. The van der Waals surface area contributed by atoms with E-state index in [1.165, 1.54) is 45.3 Å². The second-order valence-electron chi connectivity index (χ2n) is 3.94. The van der Waals surface area contributed by atoms with Crippen LogP contribution in [0.3, 0.4) is 0 Å². The van der Waals surface area contributed by atoms with E-state index in [1.54, 1.807) is 0 Å². The van der Waals surface area contributed by atoms with E-state index in [9.17, 15) is 16.8 Å². The first-order chi connectivity index (χ1) is 8.55. The van der Waals surface area contributed by atoms with Crippen LogP contribution in [0.4, 0.5) is 0 Å². The van der Waals surface area contributed by atoms with E-state index in [4.69, 9.17) is 9.11 Å².